The third-order valence-corrected chi connectivity index (χ3v) is 5.10. The maximum Gasteiger partial charge on any atom is 0.417 e. The van der Waals surface area contributed by atoms with Crippen molar-refractivity contribution in [1.82, 2.24) is 15.2 Å². The summed E-state index contributed by atoms with van der Waals surface area (Å²) in [6, 6.07) is 8.16. The summed E-state index contributed by atoms with van der Waals surface area (Å²) in [4.78, 5) is 32.5. The number of aromatic nitrogens is 1. The maximum absolute atomic E-state index is 13.3. The van der Waals surface area contributed by atoms with Crippen LogP contribution in [0.2, 0.25) is 0 Å². The zero-order valence-electron chi connectivity index (χ0n) is 17.3. The number of benzene rings is 1. The van der Waals surface area contributed by atoms with Gasteiger partial charge in [-0.05, 0) is 37.1 Å². The number of amides is 2. The first-order valence-corrected chi connectivity index (χ1v) is 10.3. The molecule has 0 atom stereocenters. The number of pyridine rings is 1. The van der Waals surface area contributed by atoms with Gasteiger partial charge in [-0.2, -0.15) is 13.2 Å². The van der Waals surface area contributed by atoms with Crippen LogP contribution in [0.4, 0.5) is 19.0 Å². The highest BCUT2D eigenvalue weighted by atomic mass is 19.4. The molecule has 2 aromatic rings. The highest BCUT2D eigenvalue weighted by Gasteiger charge is 2.36. The number of carbonyl (C=O) groups is 2. The summed E-state index contributed by atoms with van der Waals surface area (Å²) in [5, 5.41) is 2.82. The van der Waals surface area contributed by atoms with E-state index in [1.165, 1.54) is 29.3 Å². The third-order valence-electron chi connectivity index (χ3n) is 5.10. The fourth-order valence-electron chi connectivity index (χ4n) is 3.43. The molecule has 6 nitrogen and oxygen atoms in total. The van der Waals surface area contributed by atoms with Crippen LogP contribution in [0.5, 0.6) is 0 Å². The molecule has 1 aromatic heterocycles. The van der Waals surface area contributed by atoms with E-state index in [9.17, 15) is 22.8 Å². The number of anilines is 1. The lowest BCUT2D eigenvalue weighted by molar-refractivity contribution is -0.138. The number of hydrogen-bond acceptors (Lipinski definition) is 4. The average Bonchev–Trinajstić information content (AvgIpc) is 2.78. The van der Waals surface area contributed by atoms with Crippen LogP contribution in [0.15, 0.2) is 42.6 Å². The van der Waals surface area contributed by atoms with Gasteiger partial charge in [0, 0.05) is 25.8 Å². The third kappa shape index (κ3) is 5.53. The van der Waals surface area contributed by atoms with Crippen molar-refractivity contribution in [2.75, 3.05) is 31.2 Å². The second-order valence-corrected chi connectivity index (χ2v) is 7.38. The fourth-order valence-corrected chi connectivity index (χ4v) is 3.43. The standard InChI is InChI=1S/C22H25F3N4O2/c1-2-3-11-26-20(30)16-9-10-19(27-14-16)28-12-6-13-29(15-28)21(31)17-7-4-5-8-18(17)22(23,24)25/h4-5,7-10,14H,2-3,6,11-13,15H2,1H3,(H,26,30). The largest absolute Gasteiger partial charge is 0.417 e. The SMILES string of the molecule is CCCCNC(=O)c1ccc(N2CCCN(C(=O)c3ccccc3C(F)(F)F)C2)nc1. The molecule has 1 saturated heterocycles. The van der Waals surface area contributed by atoms with Gasteiger partial charge < -0.3 is 15.1 Å². The van der Waals surface area contributed by atoms with E-state index in [1.54, 1.807) is 12.1 Å². The summed E-state index contributed by atoms with van der Waals surface area (Å²) < 4.78 is 39.9. The highest BCUT2D eigenvalue weighted by Crippen LogP contribution is 2.32. The van der Waals surface area contributed by atoms with Gasteiger partial charge in [0.15, 0.2) is 0 Å². The summed E-state index contributed by atoms with van der Waals surface area (Å²) in [5.74, 6) is -0.303. The van der Waals surface area contributed by atoms with Gasteiger partial charge in [-0.25, -0.2) is 4.98 Å². The van der Waals surface area contributed by atoms with Crippen LogP contribution in [0, 0.1) is 0 Å². The number of nitrogens with zero attached hydrogens (tertiary/aromatic N) is 3. The Hall–Kier alpha value is -3.10. The molecule has 0 radical (unpaired) electrons. The summed E-state index contributed by atoms with van der Waals surface area (Å²) in [7, 11) is 0. The first-order chi connectivity index (χ1) is 14.8. The van der Waals surface area contributed by atoms with Gasteiger partial charge >= 0.3 is 6.18 Å². The Kier molecular flexibility index (Phi) is 7.14. The molecular weight excluding hydrogens is 409 g/mol. The lowest BCUT2D eigenvalue weighted by Gasteiger charge is -2.36. The number of alkyl halides is 3. The molecule has 1 N–H and O–H groups in total. The van der Waals surface area contributed by atoms with Crippen LogP contribution in [-0.4, -0.2) is 48.0 Å². The van der Waals surface area contributed by atoms with Gasteiger partial charge in [0.2, 0.25) is 0 Å². The molecule has 0 bridgehead atoms. The van der Waals surface area contributed by atoms with Crippen molar-refractivity contribution in [2.24, 2.45) is 0 Å². The predicted octanol–water partition coefficient (Wildman–Crippen LogP) is 3.94. The normalized spacial score (nSPS) is 14.5. The van der Waals surface area contributed by atoms with Crippen LogP contribution < -0.4 is 10.2 Å². The van der Waals surface area contributed by atoms with E-state index in [0.717, 1.165) is 18.9 Å². The van der Waals surface area contributed by atoms with E-state index in [-0.39, 0.29) is 18.1 Å². The highest BCUT2D eigenvalue weighted by molar-refractivity contribution is 5.96. The Morgan fingerprint density at radius 2 is 1.90 bits per heavy atom. The number of unbranched alkanes of at least 4 members (excludes halogenated alkanes) is 1. The molecule has 166 valence electrons. The van der Waals surface area contributed by atoms with E-state index in [0.29, 0.717) is 37.4 Å². The Morgan fingerprint density at radius 1 is 1.13 bits per heavy atom. The van der Waals surface area contributed by atoms with Crippen molar-refractivity contribution in [3.05, 3.63) is 59.3 Å². The number of hydrogen-bond donors (Lipinski definition) is 1. The molecular formula is C22H25F3N4O2. The molecule has 2 amide bonds. The molecule has 0 saturated carbocycles. The minimum Gasteiger partial charge on any atom is -0.352 e. The van der Waals surface area contributed by atoms with Crippen molar-refractivity contribution >= 4 is 17.6 Å². The van der Waals surface area contributed by atoms with E-state index in [2.05, 4.69) is 10.3 Å². The predicted molar refractivity (Wildman–Crippen MR) is 111 cm³/mol. The zero-order chi connectivity index (χ0) is 22.4. The van der Waals surface area contributed by atoms with Crippen molar-refractivity contribution in [1.29, 1.82) is 0 Å². The second kappa shape index (κ2) is 9.80. The van der Waals surface area contributed by atoms with Crippen LogP contribution in [0.25, 0.3) is 0 Å². The van der Waals surface area contributed by atoms with Crippen LogP contribution in [0.1, 0.15) is 52.5 Å². The molecule has 9 heteroatoms. The molecule has 31 heavy (non-hydrogen) atoms. The van der Waals surface area contributed by atoms with Crippen molar-refractivity contribution in [3.63, 3.8) is 0 Å². The summed E-state index contributed by atoms with van der Waals surface area (Å²) in [6.07, 6.45) is -0.657. The van der Waals surface area contributed by atoms with Crippen molar-refractivity contribution < 1.29 is 22.8 Å². The molecule has 3 rings (SSSR count). The average molecular weight is 434 g/mol. The van der Waals surface area contributed by atoms with E-state index in [1.807, 2.05) is 11.8 Å². The zero-order valence-corrected chi connectivity index (χ0v) is 17.3. The first-order valence-electron chi connectivity index (χ1n) is 10.3. The van der Waals surface area contributed by atoms with Crippen LogP contribution >= 0.6 is 0 Å². The minimum atomic E-state index is -4.60. The topological polar surface area (TPSA) is 65.5 Å². The molecule has 1 aromatic carbocycles. The lowest BCUT2D eigenvalue weighted by Crippen LogP contribution is -2.48. The van der Waals surface area contributed by atoms with Crippen molar-refractivity contribution in [2.45, 2.75) is 32.4 Å². The number of nitrogens with one attached hydrogen (secondary N) is 1. The quantitative estimate of drug-likeness (QED) is 0.700. The lowest BCUT2D eigenvalue weighted by atomic mass is 10.1. The smallest absolute Gasteiger partial charge is 0.352 e. The Bertz CT molecular complexity index is 916. The molecule has 1 fully saturated rings. The first kappa shape index (κ1) is 22.6. The Labute approximate surface area is 179 Å². The molecule has 2 heterocycles. The van der Waals surface area contributed by atoms with Gasteiger partial charge in [0.25, 0.3) is 11.8 Å². The van der Waals surface area contributed by atoms with Crippen LogP contribution in [-0.2, 0) is 6.18 Å². The van der Waals surface area contributed by atoms with E-state index in [4.69, 9.17) is 0 Å². The number of rotatable bonds is 6. The van der Waals surface area contributed by atoms with E-state index >= 15 is 0 Å². The van der Waals surface area contributed by atoms with Gasteiger partial charge in [0.1, 0.15) is 5.82 Å². The number of carbonyl (C=O) groups excluding carboxylic acids is 2. The van der Waals surface area contributed by atoms with Crippen molar-refractivity contribution in [3.8, 4) is 0 Å². The summed E-state index contributed by atoms with van der Waals surface area (Å²) in [6.45, 7) is 3.73. The van der Waals surface area contributed by atoms with Crippen LogP contribution in [0.3, 0.4) is 0 Å². The molecule has 0 spiro atoms. The van der Waals surface area contributed by atoms with E-state index < -0.39 is 17.6 Å². The molecule has 1 aliphatic heterocycles. The molecule has 0 aliphatic carbocycles. The van der Waals surface area contributed by atoms with Gasteiger partial charge in [-0.3, -0.25) is 9.59 Å². The fraction of sp³-hybridized carbons (Fsp3) is 0.409. The van der Waals surface area contributed by atoms with Gasteiger partial charge in [0.05, 0.1) is 23.4 Å². The van der Waals surface area contributed by atoms with Gasteiger partial charge in [-0.1, -0.05) is 25.5 Å². The monoisotopic (exact) mass is 434 g/mol. The Morgan fingerprint density at radius 3 is 2.58 bits per heavy atom. The molecule has 0 unspecified atom stereocenters. The second-order valence-electron chi connectivity index (χ2n) is 7.38. The summed E-state index contributed by atoms with van der Waals surface area (Å²) in [5.41, 5.74) is -0.860. The number of halogens is 3. The van der Waals surface area contributed by atoms with Gasteiger partial charge in [-0.15, -0.1) is 0 Å². The Balaban J connectivity index is 1.70. The summed E-state index contributed by atoms with van der Waals surface area (Å²) >= 11 is 0. The maximum atomic E-state index is 13.3. The minimum absolute atomic E-state index is 0.125. The molecule has 1 aliphatic rings.